The van der Waals surface area contributed by atoms with Gasteiger partial charge in [0.2, 0.25) is 0 Å². The van der Waals surface area contributed by atoms with Gasteiger partial charge in [-0.15, -0.1) is 0 Å². The molecule has 0 saturated carbocycles. The number of aryl methyl sites for hydroxylation is 3. The van der Waals surface area contributed by atoms with Gasteiger partial charge >= 0.3 is 6.09 Å². The van der Waals surface area contributed by atoms with E-state index < -0.39 is 5.60 Å². The molecule has 0 radical (unpaired) electrons. The number of hydrogen-bond acceptors (Lipinski definition) is 4. The van der Waals surface area contributed by atoms with E-state index in [2.05, 4.69) is 43.9 Å². The lowest BCUT2D eigenvalue weighted by Crippen LogP contribution is -2.50. The SMILES string of the molecule is Cc1ccc2c(C)cc(N3CCC[C@@]4(CN(C)C(=O)O4)C3)nc2c1C. The minimum atomic E-state index is -0.393. The van der Waals surface area contributed by atoms with Crippen molar-refractivity contribution in [2.75, 3.05) is 31.6 Å². The molecule has 2 fully saturated rings. The monoisotopic (exact) mass is 339 g/mol. The lowest BCUT2D eigenvalue weighted by Gasteiger charge is -2.39. The number of likely N-dealkylation sites (N-methyl/N-ethyl adjacent to an activating group) is 1. The zero-order valence-electron chi connectivity index (χ0n) is 15.4. The van der Waals surface area contributed by atoms with Crippen LogP contribution in [0.1, 0.15) is 29.5 Å². The third kappa shape index (κ3) is 2.62. The van der Waals surface area contributed by atoms with Crippen molar-refractivity contribution in [3.8, 4) is 0 Å². The molecular formula is C20H25N3O2. The van der Waals surface area contributed by atoms with Crippen LogP contribution in [0.15, 0.2) is 18.2 Å². The first-order valence-corrected chi connectivity index (χ1v) is 8.95. The molecule has 5 heteroatoms. The number of amides is 1. The van der Waals surface area contributed by atoms with Crippen LogP contribution in [0.4, 0.5) is 10.6 Å². The van der Waals surface area contributed by atoms with Gasteiger partial charge in [-0.1, -0.05) is 12.1 Å². The number of benzene rings is 1. The number of hydrogen-bond donors (Lipinski definition) is 0. The van der Waals surface area contributed by atoms with Gasteiger partial charge in [0.1, 0.15) is 11.4 Å². The highest BCUT2D eigenvalue weighted by molar-refractivity contribution is 5.87. The van der Waals surface area contributed by atoms with Crippen LogP contribution in [0.3, 0.4) is 0 Å². The molecule has 132 valence electrons. The van der Waals surface area contributed by atoms with Gasteiger partial charge in [0.15, 0.2) is 0 Å². The standard InChI is InChI=1S/C20H25N3O2/c1-13-6-7-16-14(2)10-17(21-18(16)15(13)3)23-9-5-8-20(12-23)11-22(4)19(24)25-20/h6-7,10H,5,8-9,11-12H2,1-4H3/t20-/m1/s1. The quantitative estimate of drug-likeness (QED) is 0.797. The average Bonchev–Trinajstić information content (AvgIpc) is 2.84. The van der Waals surface area contributed by atoms with Crippen LogP contribution in [0.2, 0.25) is 0 Å². The average molecular weight is 339 g/mol. The van der Waals surface area contributed by atoms with E-state index in [1.807, 2.05) is 0 Å². The number of aromatic nitrogens is 1. The molecule has 1 spiro atoms. The van der Waals surface area contributed by atoms with Crippen molar-refractivity contribution in [3.05, 3.63) is 34.9 Å². The molecule has 1 aromatic carbocycles. The van der Waals surface area contributed by atoms with Crippen molar-refractivity contribution in [1.82, 2.24) is 9.88 Å². The zero-order chi connectivity index (χ0) is 17.8. The van der Waals surface area contributed by atoms with Crippen molar-refractivity contribution in [3.63, 3.8) is 0 Å². The lowest BCUT2D eigenvalue weighted by atomic mass is 9.92. The summed E-state index contributed by atoms with van der Waals surface area (Å²) in [5.41, 5.74) is 4.42. The largest absolute Gasteiger partial charge is 0.439 e. The second-order valence-electron chi connectivity index (χ2n) is 7.63. The number of pyridine rings is 1. The molecule has 0 bridgehead atoms. The van der Waals surface area contributed by atoms with Crippen LogP contribution in [0, 0.1) is 20.8 Å². The first-order valence-electron chi connectivity index (χ1n) is 8.95. The number of ether oxygens (including phenoxy) is 1. The minimum absolute atomic E-state index is 0.212. The Balaban J connectivity index is 1.72. The second-order valence-corrected chi connectivity index (χ2v) is 7.63. The lowest BCUT2D eigenvalue weighted by molar-refractivity contribution is 0.0445. The number of rotatable bonds is 1. The van der Waals surface area contributed by atoms with Gasteiger partial charge in [-0.3, -0.25) is 0 Å². The van der Waals surface area contributed by atoms with Crippen LogP contribution < -0.4 is 4.90 Å². The Hall–Kier alpha value is -2.30. The third-order valence-corrected chi connectivity index (χ3v) is 5.70. The van der Waals surface area contributed by atoms with E-state index in [-0.39, 0.29) is 6.09 Å². The van der Waals surface area contributed by atoms with Crippen LogP contribution in [-0.2, 0) is 4.74 Å². The summed E-state index contributed by atoms with van der Waals surface area (Å²) in [4.78, 5) is 20.8. The maximum Gasteiger partial charge on any atom is 0.410 e. The van der Waals surface area contributed by atoms with Crippen LogP contribution in [0.25, 0.3) is 10.9 Å². The second kappa shape index (κ2) is 5.61. The number of piperidine rings is 1. The highest BCUT2D eigenvalue weighted by Gasteiger charge is 2.46. The van der Waals surface area contributed by atoms with Crippen molar-refractivity contribution in [2.24, 2.45) is 0 Å². The highest BCUT2D eigenvalue weighted by atomic mass is 16.6. The summed E-state index contributed by atoms with van der Waals surface area (Å²) < 4.78 is 5.73. The molecule has 25 heavy (non-hydrogen) atoms. The summed E-state index contributed by atoms with van der Waals surface area (Å²) >= 11 is 0. The highest BCUT2D eigenvalue weighted by Crippen LogP contribution is 2.34. The van der Waals surface area contributed by atoms with Gasteiger partial charge in [-0.2, -0.15) is 0 Å². The van der Waals surface area contributed by atoms with Crippen molar-refractivity contribution in [2.45, 2.75) is 39.2 Å². The molecule has 2 aromatic rings. The van der Waals surface area contributed by atoms with Gasteiger partial charge < -0.3 is 14.5 Å². The van der Waals surface area contributed by atoms with E-state index in [4.69, 9.17) is 9.72 Å². The fourth-order valence-electron chi connectivity index (χ4n) is 4.14. The molecule has 1 aromatic heterocycles. The number of carbonyl (C=O) groups excluding carboxylic acids is 1. The predicted octanol–water partition coefficient (Wildman–Crippen LogP) is 3.58. The Labute approximate surface area is 148 Å². The molecule has 0 unspecified atom stereocenters. The summed E-state index contributed by atoms with van der Waals surface area (Å²) in [7, 11) is 1.81. The van der Waals surface area contributed by atoms with Crippen molar-refractivity contribution < 1.29 is 9.53 Å². The van der Waals surface area contributed by atoms with Gasteiger partial charge in [-0.05, 0) is 56.4 Å². The van der Waals surface area contributed by atoms with Gasteiger partial charge in [-0.25, -0.2) is 9.78 Å². The Bertz CT molecular complexity index is 864. The van der Waals surface area contributed by atoms with E-state index in [0.717, 1.165) is 30.7 Å². The van der Waals surface area contributed by atoms with Crippen LogP contribution in [0.5, 0.6) is 0 Å². The van der Waals surface area contributed by atoms with E-state index in [1.54, 1.807) is 11.9 Å². The molecule has 3 heterocycles. The van der Waals surface area contributed by atoms with E-state index in [0.29, 0.717) is 13.1 Å². The number of anilines is 1. The molecule has 1 atom stereocenters. The van der Waals surface area contributed by atoms with Crippen LogP contribution >= 0.6 is 0 Å². The number of carbonyl (C=O) groups is 1. The molecular weight excluding hydrogens is 314 g/mol. The first kappa shape index (κ1) is 16.2. The molecule has 4 rings (SSSR count). The Morgan fingerprint density at radius 3 is 2.68 bits per heavy atom. The molecule has 2 aliphatic heterocycles. The Morgan fingerprint density at radius 2 is 1.96 bits per heavy atom. The minimum Gasteiger partial charge on any atom is -0.439 e. The first-order chi connectivity index (χ1) is 11.9. The number of fused-ring (bicyclic) bond motifs is 1. The van der Waals surface area contributed by atoms with Crippen molar-refractivity contribution in [1.29, 1.82) is 0 Å². The Morgan fingerprint density at radius 1 is 1.16 bits per heavy atom. The normalized spacial score (nSPS) is 23.6. The summed E-state index contributed by atoms with van der Waals surface area (Å²) in [6.07, 6.45) is 1.72. The summed E-state index contributed by atoms with van der Waals surface area (Å²) in [5, 5.41) is 1.21. The molecule has 0 aliphatic carbocycles. The maximum absolute atomic E-state index is 11.9. The smallest absolute Gasteiger partial charge is 0.410 e. The van der Waals surface area contributed by atoms with Gasteiger partial charge in [0, 0.05) is 19.0 Å². The van der Waals surface area contributed by atoms with Gasteiger partial charge in [0.05, 0.1) is 18.6 Å². The van der Waals surface area contributed by atoms with E-state index in [1.165, 1.54) is 22.1 Å². The molecule has 5 nitrogen and oxygen atoms in total. The Kier molecular flexibility index (Phi) is 3.63. The third-order valence-electron chi connectivity index (χ3n) is 5.70. The predicted molar refractivity (Wildman–Crippen MR) is 99.2 cm³/mol. The fourth-order valence-corrected chi connectivity index (χ4v) is 4.14. The maximum atomic E-state index is 11.9. The van der Waals surface area contributed by atoms with E-state index >= 15 is 0 Å². The fraction of sp³-hybridized carbons (Fsp3) is 0.500. The number of nitrogens with zero attached hydrogens (tertiary/aromatic N) is 3. The zero-order valence-corrected chi connectivity index (χ0v) is 15.4. The molecule has 2 aliphatic rings. The molecule has 1 amide bonds. The van der Waals surface area contributed by atoms with E-state index in [9.17, 15) is 4.79 Å². The van der Waals surface area contributed by atoms with Crippen LogP contribution in [-0.4, -0.2) is 48.3 Å². The summed E-state index contributed by atoms with van der Waals surface area (Å²) in [6, 6.07) is 6.49. The summed E-state index contributed by atoms with van der Waals surface area (Å²) in [5.74, 6) is 0.989. The topological polar surface area (TPSA) is 45.7 Å². The van der Waals surface area contributed by atoms with Gasteiger partial charge in [0.25, 0.3) is 0 Å². The van der Waals surface area contributed by atoms with Crippen molar-refractivity contribution >= 4 is 22.8 Å². The molecule has 0 N–H and O–H groups in total. The summed E-state index contributed by atoms with van der Waals surface area (Å²) in [6.45, 7) is 8.73. The molecule has 2 saturated heterocycles.